The summed E-state index contributed by atoms with van der Waals surface area (Å²) < 4.78 is 21.9. The molecule has 0 radical (unpaired) electrons. The lowest BCUT2D eigenvalue weighted by Crippen LogP contribution is -2.15. The number of para-hydroxylation sites is 3. The Morgan fingerprint density at radius 3 is 2.03 bits per heavy atom. The summed E-state index contributed by atoms with van der Waals surface area (Å²) in [6, 6.07) is 17.8. The minimum absolute atomic E-state index is 0.108. The number of methoxy groups -OCH3 is 3. The number of ether oxygens (including phenoxy) is 4. The van der Waals surface area contributed by atoms with Gasteiger partial charge in [-0.25, -0.2) is 0 Å². The molecule has 6 nitrogen and oxygen atoms in total. The van der Waals surface area contributed by atoms with Crippen LogP contribution in [0.3, 0.4) is 0 Å². The van der Waals surface area contributed by atoms with Crippen molar-refractivity contribution in [3.63, 3.8) is 0 Å². The fourth-order valence-corrected chi connectivity index (χ4v) is 3.10. The summed E-state index contributed by atoms with van der Waals surface area (Å²) in [6.45, 7) is 0. The second-order valence-electron chi connectivity index (χ2n) is 6.29. The standard InChI is InChI=1S/C23H22ClNO5/c1-27-20-12-15(13-21(28-2)23(20)29-3)14-22(26)25-17-9-5-7-11-19(17)30-18-10-6-4-8-16(18)24/h4-13H,14H2,1-3H3,(H,25,26). The average Bonchev–Trinajstić information content (AvgIpc) is 2.75. The fourth-order valence-electron chi connectivity index (χ4n) is 2.92. The molecule has 0 aliphatic heterocycles. The van der Waals surface area contributed by atoms with E-state index in [1.54, 1.807) is 36.4 Å². The van der Waals surface area contributed by atoms with Gasteiger partial charge in [0.05, 0.1) is 38.5 Å². The van der Waals surface area contributed by atoms with E-state index in [1.807, 2.05) is 24.3 Å². The highest BCUT2D eigenvalue weighted by atomic mass is 35.5. The van der Waals surface area contributed by atoms with Gasteiger partial charge in [0.25, 0.3) is 0 Å². The molecule has 156 valence electrons. The average molecular weight is 428 g/mol. The molecule has 1 N–H and O–H groups in total. The van der Waals surface area contributed by atoms with Gasteiger partial charge < -0.3 is 24.3 Å². The normalized spacial score (nSPS) is 10.3. The zero-order chi connectivity index (χ0) is 21.5. The largest absolute Gasteiger partial charge is 0.493 e. The van der Waals surface area contributed by atoms with Gasteiger partial charge in [0, 0.05) is 0 Å². The zero-order valence-corrected chi connectivity index (χ0v) is 17.7. The lowest BCUT2D eigenvalue weighted by molar-refractivity contribution is -0.115. The fraction of sp³-hybridized carbons (Fsp3) is 0.174. The molecule has 0 aliphatic rings. The molecule has 7 heteroatoms. The van der Waals surface area contributed by atoms with E-state index in [-0.39, 0.29) is 12.3 Å². The minimum Gasteiger partial charge on any atom is -0.493 e. The van der Waals surface area contributed by atoms with E-state index in [4.69, 9.17) is 30.5 Å². The first-order chi connectivity index (χ1) is 14.5. The van der Waals surface area contributed by atoms with Crippen LogP contribution < -0.4 is 24.3 Å². The summed E-state index contributed by atoms with van der Waals surface area (Å²) in [5.74, 6) is 2.22. The molecule has 3 aromatic rings. The van der Waals surface area contributed by atoms with Crippen molar-refractivity contribution in [2.75, 3.05) is 26.6 Å². The number of anilines is 1. The first kappa shape index (κ1) is 21.3. The van der Waals surface area contributed by atoms with Gasteiger partial charge in [-0.05, 0) is 42.0 Å². The van der Waals surface area contributed by atoms with Crippen LogP contribution in [0.15, 0.2) is 60.7 Å². The maximum absolute atomic E-state index is 12.7. The highest BCUT2D eigenvalue weighted by Crippen LogP contribution is 2.38. The molecule has 1 amide bonds. The number of carbonyl (C=O) groups excluding carboxylic acids is 1. The van der Waals surface area contributed by atoms with Gasteiger partial charge in [-0.15, -0.1) is 0 Å². The molecule has 0 unspecified atom stereocenters. The van der Waals surface area contributed by atoms with E-state index in [1.165, 1.54) is 21.3 Å². The zero-order valence-electron chi connectivity index (χ0n) is 16.9. The molecule has 0 fully saturated rings. The maximum atomic E-state index is 12.7. The Kier molecular flexibility index (Phi) is 7.03. The third-order valence-corrected chi connectivity index (χ3v) is 4.62. The van der Waals surface area contributed by atoms with E-state index >= 15 is 0 Å². The Hall–Kier alpha value is -3.38. The Bertz CT molecular complexity index is 1010. The Labute approximate surface area is 180 Å². The first-order valence-corrected chi connectivity index (χ1v) is 9.53. The number of nitrogens with one attached hydrogen (secondary N) is 1. The van der Waals surface area contributed by atoms with Gasteiger partial charge >= 0.3 is 0 Å². The predicted octanol–water partition coefficient (Wildman–Crippen LogP) is 5.34. The molecule has 3 aromatic carbocycles. The molecule has 0 bridgehead atoms. The van der Waals surface area contributed by atoms with Gasteiger partial charge in [-0.2, -0.15) is 0 Å². The second kappa shape index (κ2) is 9.89. The summed E-state index contributed by atoms with van der Waals surface area (Å²) in [4.78, 5) is 12.7. The van der Waals surface area contributed by atoms with Crippen molar-refractivity contribution in [3.8, 4) is 28.7 Å². The third kappa shape index (κ3) is 4.96. The SMILES string of the molecule is COc1cc(CC(=O)Nc2ccccc2Oc2ccccc2Cl)cc(OC)c1OC. The van der Waals surface area contributed by atoms with Gasteiger partial charge in [-0.3, -0.25) is 4.79 Å². The summed E-state index contributed by atoms with van der Waals surface area (Å²) in [6.07, 6.45) is 0.108. The van der Waals surface area contributed by atoms with Crippen LogP contribution in [0.5, 0.6) is 28.7 Å². The highest BCUT2D eigenvalue weighted by Gasteiger charge is 2.16. The molecule has 0 heterocycles. The number of hydrogen-bond acceptors (Lipinski definition) is 5. The lowest BCUT2D eigenvalue weighted by atomic mass is 10.1. The molecule has 0 aromatic heterocycles. The molecule has 0 saturated carbocycles. The number of rotatable bonds is 8. The van der Waals surface area contributed by atoms with Gasteiger partial charge in [0.1, 0.15) is 5.75 Å². The highest BCUT2D eigenvalue weighted by molar-refractivity contribution is 6.32. The molecule has 0 atom stereocenters. The summed E-state index contributed by atoms with van der Waals surface area (Å²) in [5.41, 5.74) is 1.25. The van der Waals surface area contributed by atoms with Crippen LogP contribution in [0, 0.1) is 0 Å². The number of amides is 1. The maximum Gasteiger partial charge on any atom is 0.228 e. The van der Waals surface area contributed by atoms with Crippen molar-refractivity contribution in [3.05, 3.63) is 71.2 Å². The van der Waals surface area contributed by atoms with Crippen molar-refractivity contribution < 1.29 is 23.7 Å². The molecular weight excluding hydrogens is 406 g/mol. The second-order valence-corrected chi connectivity index (χ2v) is 6.69. The van der Waals surface area contributed by atoms with Crippen LogP contribution in [0.25, 0.3) is 0 Å². The summed E-state index contributed by atoms with van der Waals surface area (Å²) in [7, 11) is 4.59. The van der Waals surface area contributed by atoms with E-state index in [2.05, 4.69) is 5.32 Å². The van der Waals surface area contributed by atoms with Crippen LogP contribution in [0.4, 0.5) is 5.69 Å². The van der Waals surface area contributed by atoms with E-state index in [0.29, 0.717) is 45.0 Å². The topological polar surface area (TPSA) is 66.0 Å². The van der Waals surface area contributed by atoms with Crippen LogP contribution in [0.2, 0.25) is 5.02 Å². The number of benzene rings is 3. The van der Waals surface area contributed by atoms with Crippen molar-refractivity contribution in [2.24, 2.45) is 0 Å². The number of hydrogen-bond donors (Lipinski definition) is 1. The van der Waals surface area contributed by atoms with E-state index in [0.717, 1.165) is 0 Å². The van der Waals surface area contributed by atoms with Crippen LogP contribution in [-0.2, 0) is 11.2 Å². The van der Waals surface area contributed by atoms with Crippen molar-refractivity contribution in [1.29, 1.82) is 0 Å². The van der Waals surface area contributed by atoms with Crippen LogP contribution in [0.1, 0.15) is 5.56 Å². The van der Waals surface area contributed by atoms with Crippen molar-refractivity contribution >= 4 is 23.2 Å². The summed E-state index contributed by atoms with van der Waals surface area (Å²) >= 11 is 6.18. The third-order valence-electron chi connectivity index (χ3n) is 4.31. The molecule has 0 saturated heterocycles. The monoisotopic (exact) mass is 427 g/mol. The Morgan fingerprint density at radius 2 is 1.43 bits per heavy atom. The molecule has 0 spiro atoms. The van der Waals surface area contributed by atoms with Gasteiger partial charge in [0.2, 0.25) is 11.7 Å². The quantitative estimate of drug-likeness (QED) is 0.525. The molecule has 0 aliphatic carbocycles. The smallest absolute Gasteiger partial charge is 0.228 e. The number of halogens is 1. The van der Waals surface area contributed by atoms with Crippen LogP contribution >= 0.6 is 11.6 Å². The molecule has 30 heavy (non-hydrogen) atoms. The lowest BCUT2D eigenvalue weighted by Gasteiger charge is -2.15. The van der Waals surface area contributed by atoms with E-state index < -0.39 is 0 Å². The Morgan fingerprint density at radius 1 is 0.833 bits per heavy atom. The molecule has 3 rings (SSSR count). The predicted molar refractivity (Wildman–Crippen MR) is 116 cm³/mol. The Balaban J connectivity index is 1.78. The van der Waals surface area contributed by atoms with E-state index in [9.17, 15) is 4.79 Å². The summed E-state index contributed by atoms with van der Waals surface area (Å²) in [5, 5.41) is 3.36. The van der Waals surface area contributed by atoms with Gasteiger partial charge in [0.15, 0.2) is 17.2 Å². The number of carbonyl (C=O) groups is 1. The van der Waals surface area contributed by atoms with Crippen molar-refractivity contribution in [1.82, 2.24) is 0 Å². The van der Waals surface area contributed by atoms with Gasteiger partial charge in [-0.1, -0.05) is 35.9 Å². The van der Waals surface area contributed by atoms with Crippen molar-refractivity contribution in [2.45, 2.75) is 6.42 Å². The van der Waals surface area contributed by atoms with Crippen LogP contribution in [-0.4, -0.2) is 27.2 Å². The molecular formula is C23H22ClNO5. The minimum atomic E-state index is -0.223. The first-order valence-electron chi connectivity index (χ1n) is 9.15.